The van der Waals surface area contributed by atoms with E-state index in [0.717, 1.165) is 16.4 Å². The topological polar surface area (TPSA) is 280 Å². The number of rotatable bonds is 15. The maximum absolute atomic E-state index is 13.3. The Bertz CT molecular complexity index is 1820. The number of thioether (sulfide) groups is 1. The average molecular weight is 702 g/mol. The number of amides is 4. The van der Waals surface area contributed by atoms with Crippen molar-refractivity contribution in [2.45, 2.75) is 50.3 Å². The molecule has 4 amide bonds. The summed E-state index contributed by atoms with van der Waals surface area (Å²) < 4.78 is 7.38. The van der Waals surface area contributed by atoms with Crippen molar-refractivity contribution in [3.05, 3.63) is 41.8 Å². The highest BCUT2D eigenvalue weighted by Gasteiger charge is 2.54. The number of carboxylic acid groups (broad SMARTS) is 1. The Morgan fingerprint density at radius 3 is 2.79 bits per heavy atom. The maximum Gasteiger partial charge on any atom is 0.352 e. The van der Waals surface area contributed by atoms with Gasteiger partial charge in [0, 0.05) is 29.4 Å². The van der Waals surface area contributed by atoms with Crippen molar-refractivity contribution in [2.24, 2.45) is 16.6 Å². The third kappa shape index (κ3) is 7.21. The molecule has 19 nitrogen and oxygen atoms in total. The molecule has 0 spiro atoms. The lowest BCUT2D eigenvalue weighted by atomic mass is 10.0. The molecule has 5 heterocycles. The van der Waals surface area contributed by atoms with Gasteiger partial charge in [0.1, 0.15) is 42.3 Å². The minimum Gasteiger partial charge on any atom is -0.477 e. The highest BCUT2D eigenvalue weighted by molar-refractivity contribution is 8.00. The maximum atomic E-state index is 13.3. The zero-order valence-electron chi connectivity index (χ0n) is 25.6. The standard InChI is InChI=1S/C27H32N12O7S2/c1-2-46-35-17(21-34-27(30)48-36-21)23(42)33-18-24(43)39-19(26(44)45)13(11-47-25(18)39)9-37-8-4-6-15-22(37)32-12-38(15)10-16(40)31-7-3-5-14(28)20(29)41/h4,6,8,12,14,18,25H,2-3,5,7,9-11,28H2,1H3,(H6-,29,30,31,33,34,36,40,41,42,44,45)/p+1/b35-17-. The van der Waals surface area contributed by atoms with Crippen LogP contribution in [0, 0.1) is 0 Å². The van der Waals surface area contributed by atoms with Crippen LogP contribution in [0.4, 0.5) is 5.13 Å². The fourth-order valence-corrected chi connectivity index (χ4v) is 6.87. The molecule has 1 fully saturated rings. The highest BCUT2D eigenvalue weighted by Crippen LogP contribution is 2.40. The third-order valence-corrected chi connectivity index (χ3v) is 9.28. The van der Waals surface area contributed by atoms with Crippen molar-refractivity contribution < 1.29 is 38.5 Å². The summed E-state index contributed by atoms with van der Waals surface area (Å²) in [5, 5.41) is 18.8. The lowest BCUT2D eigenvalue weighted by Gasteiger charge is -2.49. The van der Waals surface area contributed by atoms with E-state index in [-0.39, 0.29) is 53.7 Å². The Kier molecular flexibility index (Phi) is 10.5. The van der Waals surface area contributed by atoms with Crippen LogP contribution < -0.4 is 32.4 Å². The van der Waals surface area contributed by atoms with E-state index >= 15 is 0 Å². The van der Waals surface area contributed by atoms with E-state index in [9.17, 15) is 29.1 Å². The van der Waals surface area contributed by atoms with Crippen LogP contribution in [0.5, 0.6) is 0 Å². The van der Waals surface area contributed by atoms with Gasteiger partial charge >= 0.3 is 11.6 Å². The summed E-state index contributed by atoms with van der Waals surface area (Å²) in [5.41, 5.74) is 17.6. The van der Waals surface area contributed by atoms with Crippen molar-refractivity contribution in [1.29, 1.82) is 0 Å². The first kappa shape index (κ1) is 34.2. The fourth-order valence-electron chi connectivity index (χ4n) is 5.10. The molecule has 3 atom stereocenters. The molecule has 0 aliphatic carbocycles. The van der Waals surface area contributed by atoms with Crippen LogP contribution in [0.25, 0.3) is 11.2 Å². The number of anilines is 1. The molecule has 0 aromatic carbocycles. The fraction of sp³-hybridized carbons (Fsp3) is 0.407. The summed E-state index contributed by atoms with van der Waals surface area (Å²) in [5.74, 6) is -3.36. The van der Waals surface area contributed by atoms with Gasteiger partial charge in [-0.25, -0.2) is 9.36 Å². The number of β-lactam (4-membered cyclic amide) rings is 1. The molecular weight excluding hydrogens is 669 g/mol. The second kappa shape index (κ2) is 14.7. The normalized spacial score (nSPS) is 18.2. The van der Waals surface area contributed by atoms with Gasteiger partial charge in [-0.3, -0.25) is 28.6 Å². The van der Waals surface area contributed by atoms with Crippen LogP contribution in [0.3, 0.4) is 0 Å². The lowest BCUT2D eigenvalue weighted by Crippen LogP contribution is -2.71. The van der Waals surface area contributed by atoms with Crippen molar-refractivity contribution in [1.82, 2.24) is 34.4 Å². The number of nitrogens with one attached hydrogen (secondary N) is 2. The molecule has 9 N–H and O–H groups in total. The first-order valence-electron chi connectivity index (χ1n) is 14.6. The first-order valence-corrected chi connectivity index (χ1v) is 16.5. The molecule has 21 heteroatoms. The first-order chi connectivity index (χ1) is 23.0. The Balaban J connectivity index is 1.27. The zero-order valence-corrected chi connectivity index (χ0v) is 27.2. The molecule has 3 aromatic heterocycles. The number of pyridine rings is 1. The monoisotopic (exact) mass is 701 g/mol. The van der Waals surface area contributed by atoms with Gasteiger partial charge in [0.2, 0.25) is 29.7 Å². The summed E-state index contributed by atoms with van der Waals surface area (Å²) in [6.07, 6.45) is 4.06. The van der Waals surface area contributed by atoms with E-state index < -0.39 is 41.1 Å². The number of aliphatic carboxylic acids is 1. The van der Waals surface area contributed by atoms with E-state index in [1.165, 1.54) is 18.1 Å². The second-order valence-corrected chi connectivity index (χ2v) is 12.5. The van der Waals surface area contributed by atoms with Gasteiger partial charge in [-0.05, 0) is 36.9 Å². The summed E-state index contributed by atoms with van der Waals surface area (Å²) in [6.45, 7) is 2.23. The summed E-state index contributed by atoms with van der Waals surface area (Å²) in [4.78, 5) is 77.1. The zero-order chi connectivity index (χ0) is 34.5. The Morgan fingerprint density at radius 2 is 2.10 bits per heavy atom. The van der Waals surface area contributed by atoms with Crippen molar-refractivity contribution in [3.8, 4) is 0 Å². The molecule has 1 saturated heterocycles. The van der Waals surface area contributed by atoms with E-state index in [4.69, 9.17) is 22.0 Å². The molecule has 254 valence electrons. The SMILES string of the molecule is CCO/N=C(\C(=O)NC1C(=O)N2C(C(=O)O)=C(C[n+]3cccc4c3ncn4CC(=O)NCCCC(N)C(N)=O)CSC12)c1nsc(N)n1. The van der Waals surface area contributed by atoms with Crippen LogP contribution >= 0.6 is 23.3 Å². The molecule has 5 rings (SSSR count). The predicted molar refractivity (Wildman–Crippen MR) is 172 cm³/mol. The van der Waals surface area contributed by atoms with Crippen LogP contribution in [-0.4, -0.2) is 101 Å². The molecule has 0 bridgehead atoms. The number of aromatic nitrogens is 5. The Hall–Kier alpha value is -5.15. The smallest absolute Gasteiger partial charge is 0.352 e. The van der Waals surface area contributed by atoms with Crippen molar-refractivity contribution >= 4 is 74.9 Å². The predicted octanol–water partition coefficient (Wildman–Crippen LogP) is -2.35. The molecule has 3 unspecified atom stereocenters. The van der Waals surface area contributed by atoms with Gasteiger partial charge in [0.05, 0.1) is 12.2 Å². The molecule has 3 aromatic rings. The van der Waals surface area contributed by atoms with Gasteiger partial charge in [0.15, 0.2) is 5.13 Å². The van der Waals surface area contributed by atoms with Crippen LogP contribution in [0.15, 0.2) is 41.1 Å². The van der Waals surface area contributed by atoms with E-state index in [1.54, 1.807) is 34.4 Å². The van der Waals surface area contributed by atoms with Gasteiger partial charge in [-0.2, -0.15) is 9.36 Å². The van der Waals surface area contributed by atoms with Crippen molar-refractivity contribution in [2.75, 3.05) is 24.6 Å². The Morgan fingerprint density at radius 1 is 1.31 bits per heavy atom. The number of primary amides is 1. The number of nitrogens with two attached hydrogens (primary N) is 3. The second-order valence-electron chi connectivity index (χ2n) is 10.7. The van der Waals surface area contributed by atoms with Gasteiger partial charge in [0.25, 0.3) is 11.8 Å². The summed E-state index contributed by atoms with van der Waals surface area (Å²) in [6, 6.07) is 1.73. The number of carbonyl (C=O) groups is 5. The van der Waals surface area contributed by atoms with Crippen LogP contribution in [0.1, 0.15) is 25.6 Å². The summed E-state index contributed by atoms with van der Waals surface area (Å²) in [7, 11) is 0. The quantitative estimate of drug-likeness (QED) is 0.0319. The van der Waals surface area contributed by atoms with E-state index in [2.05, 4.69) is 30.1 Å². The minimum absolute atomic E-state index is 0.0265. The molecule has 2 aliphatic heterocycles. The largest absolute Gasteiger partial charge is 0.477 e. The van der Waals surface area contributed by atoms with Crippen LogP contribution in [-0.2, 0) is 41.9 Å². The van der Waals surface area contributed by atoms with Gasteiger partial charge in [-0.15, -0.1) is 11.8 Å². The third-order valence-electron chi connectivity index (χ3n) is 7.39. The molecule has 2 aliphatic rings. The average Bonchev–Trinajstić information content (AvgIpc) is 3.67. The number of hydrogen-bond donors (Lipinski definition) is 6. The number of fused-ring (bicyclic) bond motifs is 2. The highest BCUT2D eigenvalue weighted by atomic mass is 32.2. The van der Waals surface area contributed by atoms with E-state index in [0.29, 0.717) is 36.1 Å². The van der Waals surface area contributed by atoms with Gasteiger partial charge in [-0.1, -0.05) is 5.16 Å². The number of carbonyl (C=O) groups excluding carboxylic acids is 4. The molecule has 0 radical (unpaired) electrons. The van der Waals surface area contributed by atoms with Gasteiger partial charge < -0.3 is 37.8 Å². The number of oxime groups is 1. The van der Waals surface area contributed by atoms with E-state index in [1.807, 2.05) is 0 Å². The summed E-state index contributed by atoms with van der Waals surface area (Å²) >= 11 is 2.16. The lowest BCUT2D eigenvalue weighted by molar-refractivity contribution is -0.664. The number of nitrogen functional groups attached to an aromatic ring is 1. The Labute approximate surface area is 280 Å². The molecule has 0 saturated carbocycles. The minimum atomic E-state index is -1.29. The van der Waals surface area contributed by atoms with Crippen LogP contribution in [0.2, 0.25) is 0 Å². The molecular formula is C27H33N12O7S2+. The van der Waals surface area contributed by atoms with Crippen molar-refractivity contribution in [3.63, 3.8) is 0 Å². The number of carboxylic acids is 1. The number of nitrogens with zero attached hydrogens (tertiary/aromatic N) is 7. The molecule has 48 heavy (non-hydrogen) atoms. The number of imidazole rings is 1. The number of hydrogen-bond acceptors (Lipinski definition) is 14.